The normalized spacial score (nSPS) is 24.4. The molecule has 0 bridgehead atoms. The summed E-state index contributed by atoms with van der Waals surface area (Å²) >= 11 is 6.05. The summed E-state index contributed by atoms with van der Waals surface area (Å²) in [6, 6.07) is 9.76. The van der Waals surface area contributed by atoms with E-state index in [1.165, 1.54) is 10.9 Å². The minimum atomic E-state index is -0.797. The second-order valence-electron chi connectivity index (χ2n) is 6.12. The Balaban J connectivity index is 1.61. The Morgan fingerprint density at radius 1 is 1.35 bits per heavy atom. The fourth-order valence-electron chi connectivity index (χ4n) is 3.11. The molecule has 1 aliphatic rings. The van der Waals surface area contributed by atoms with Gasteiger partial charge in [0.1, 0.15) is 5.15 Å². The van der Waals surface area contributed by atoms with E-state index in [2.05, 4.69) is 10.4 Å². The Hall–Kier alpha value is -1.85. The van der Waals surface area contributed by atoms with Gasteiger partial charge in [0.05, 0.1) is 17.4 Å². The van der Waals surface area contributed by atoms with Crippen molar-refractivity contribution in [3.8, 4) is 0 Å². The van der Waals surface area contributed by atoms with E-state index in [1.807, 2.05) is 30.3 Å². The van der Waals surface area contributed by atoms with Crippen LogP contribution in [-0.2, 0) is 12.6 Å². The number of nitrogens with one attached hydrogen (secondary N) is 1. The number of nitrogens with zero attached hydrogens (tertiary/aromatic N) is 2. The van der Waals surface area contributed by atoms with E-state index in [0.29, 0.717) is 23.6 Å². The maximum atomic E-state index is 12.3. The van der Waals surface area contributed by atoms with Crippen LogP contribution in [0.15, 0.2) is 36.5 Å². The molecule has 1 aromatic heterocycles. The average molecular weight is 334 g/mol. The standard InChI is InChI=1S/C17H20ClN3O2/c1-21-15(18)14(11-19-21)16(22)20-13-7-9-17(23,10-8-13)12-5-3-2-4-6-12/h2-6,11,13,23H,7-10H2,1H3,(H,20,22). The predicted molar refractivity (Wildman–Crippen MR) is 88.3 cm³/mol. The third kappa shape index (κ3) is 3.26. The second kappa shape index (κ2) is 6.34. The van der Waals surface area contributed by atoms with Gasteiger partial charge in [-0.25, -0.2) is 0 Å². The third-order valence-electron chi connectivity index (χ3n) is 4.57. The van der Waals surface area contributed by atoms with Crippen LogP contribution < -0.4 is 5.32 Å². The molecule has 1 aliphatic carbocycles. The van der Waals surface area contributed by atoms with Crippen molar-refractivity contribution in [3.63, 3.8) is 0 Å². The lowest BCUT2D eigenvalue weighted by Crippen LogP contribution is -2.42. The van der Waals surface area contributed by atoms with Crippen LogP contribution in [0.2, 0.25) is 5.15 Å². The molecule has 2 N–H and O–H groups in total. The quantitative estimate of drug-likeness (QED) is 0.907. The zero-order chi connectivity index (χ0) is 16.4. The highest BCUT2D eigenvalue weighted by Gasteiger charge is 2.35. The summed E-state index contributed by atoms with van der Waals surface area (Å²) in [5.74, 6) is -0.210. The molecule has 1 heterocycles. The smallest absolute Gasteiger partial charge is 0.256 e. The lowest BCUT2D eigenvalue weighted by molar-refractivity contribution is -0.00803. The van der Waals surface area contributed by atoms with Gasteiger partial charge in [-0.15, -0.1) is 0 Å². The number of carbonyl (C=O) groups excluding carboxylic acids is 1. The molecule has 1 amide bonds. The van der Waals surface area contributed by atoms with Gasteiger partial charge in [-0.3, -0.25) is 9.48 Å². The summed E-state index contributed by atoms with van der Waals surface area (Å²) in [6.07, 6.45) is 4.19. The molecule has 2 aromatic rings. The summed E-state index contributed by atoms with van der Waals surface area (Å²) < 4.78 is 1.46. The summed E-state index contributed by atoms with van der Waals surface area (Å²) in [4.78, 5) is 12.3. The highest BCUT2D eigenvalue weighted by Crippen LogP contribution is 2.37. The van der Waals surface area contributed by atoms with E-state index >= 15 is 0 Å². The third-order valence-corrected chi connectivity index (χ3v) is 5.02. The molecule has 0 atom stereocenters. The molecule has 6 heteroatoms. The number of benzene rings is 1. The number of rotatable bonds is 3. The minimum absolute atomic E-state index is 0.0442. The topological polar surface area (TPSA) is 67.2 Å². The number of aliphatic hydroxyl groups is 1. The van der Waals surface area contributed by atoms with Gasteiger partial charge in [-0.2, -0.15) is 5.10 Å². The van der Waals surface area contributed by atoms with Gasteiger partial charge in [0.2, 0.25) is 0 Å². The summed E-state index contributed by atoms with van der Waals surface area (Å²) in [6.45, 7) is 0. The van der Waals surface area contributed by atoms with Crippen LogP contribution in [-0.4, -0.2) is 26.8 Å². The zero-order valence-electron chi connectivity index (χ0n) is 13.0. The number of aromatic nitrogens is 2. The Morgan fingerprint density at radius 3 is 2.57 bits per heavy atom. The molecule has 0 spiro atoms. The molecule has 122 valence electrons. The monoisotopic (exact) mass is 333 g/mol. The van der Waals surface area contributed by atoms with E-state index in [4.69, 9.17) is 11.6 Å². The summed E-state index contributed by atoms with van der Waals surface area (Å²) in [7, 11) is 1.69. The molecular weight excluding hydrogens is 314 g/mol. The summed E-state index contributed by atoms with van der Waals surface area (Å²) in [5.41, 5.74) is 0.534. The average Bonchev–Trinajstić information content (AvgIpc) is 2.90. The van der Waals surface area contributed by atoms with Crippen LogP contribution in [0, 0.1) is 0 Å². The van der Waals surface area contributed by atoms with Gasteiger partial charge in [0.15, 0.2) is 0 Å². The maximum Gasteiger partial charge on any atom is 0.256 e. The lowest BCUT2D eigenvalue weighted by atomic mass is 9.78. The van der Waals surface area contributed by atoms with Crippen molar-refractivity contribution in [1.29, 1.82) is 0 Å². The van der Waals surface area contributed by atoms with E-state index in [1.54, 1.807) is 7.05 Å². The predicted octanol–water partition coefficient (Wildman–Crippen LogP) is 2.63. The van der Waals surface area contributed by atoms with Crippen molar-refractivity contribution >= 4 is 17.5 Å². The molecule has 1 fully saturated rings. The van der Waals surface area contributed by atoms with Crippen LogP contribution >= 0.6 is 11.6 Å². The van der Waals surface area contributed by atoms with E-state index in [9.17, 15) is 9.90 Å². The van der Waals surface area contributed by atoms with Crippen molar-refractivity contribution in [1.82, 2.24) is 15.1 Å². The first kappa shape index (κ1) is 16.0. The van der Waals surface area contributed by atoms with Gasteiger partial charge in [-0.1, -0.05) is 41.9 Å². The largest absolute Gasteiger partial charge is 0.385 e. The van der Waals surface area contributed by atoms with Crippen molar-refractivity contribution in [2.45, 2.75) is 37.3 Å². The van der Waals surface area contributed by atoms with E-state index in [0.717, 1.165) is 18.4 Å². The molecule has 1 saturated carbocycles. The van der Waals surface area contributed by atoms with Crippen LogP contribution in [0.5, 0.6) is 0 Å². The Kier molecular flexibility index (Phi) is 4.41. The Bertz CT molecular complexity index is 691. The van der Waals surface area contributed by atoms with Gasteiger partial charge >= 0.3 is 0 Å². The highest BCUT2D eigenvalue weighted by molar-refractivity contribution is 6.32. The Labute approximate surface area is 140 Å². The molecule has 5 nitrogen and oxygen atoms in total. The fourth-order valence-corrected chi connectivity index (χ4v) is 3.29. The molecule has 23 heavy (non-hydrogen) atoms. The molecule has 0 unspecified atom stereocenters. The first-order chi connectivity index (χ1) is 11.0. The van der Waals surface area contributed by atoms with E-state index in [-0.39, 0.29) is 11.9 Å². The fraction of sp³-hybridized carbons (Fsp3) is 0.412. The minimum Gasteiger partial charge on any atom is -0.385 e. The Morgan fingerprint density at radius 2 is 2.00 bits per heavy atom. The van der Waals surface area contributed by atoms with Gasteiger partial charge < -0.3 is 10.4 Å². The number of hydrogen-bond acceptors (Lipinski definition) is 3. The molecule has 3 rings (SSSR count). The van der Waals surface area contributed by atoms with Crippen LogP contribution in [0.3, 0.4) is 0 Å². The molecule has 0 aliphatic heterocycles. The summed E-state index contributed by atoms with van der Waals surface area (Å²) in [5, 5.41) is 18.1. The molecule has 1 aromatic carbocycles. The first-order valence-corrected chi connectivity index (χ1v) is 8.14. The number of halogens is 1. The number of carbonyl (C=O) groups is 1. The van der Waals surface area contributed by atoms with Crippen molar-refractivity contribution in [2.24, 2.45) is 7.05 Å². The highest BCUT2D eigenvalue weighted by atomic mass is 35.5. The second-order valence-corrected chi connectivity index (χ2v) is 6.48. The maximum absolute atomic E-state index is 12.3. The van der Waals surface area contributed by atoms with Gasteiger partial charge in [0.25, 0.3) is 5.91 Å². The molecular formula is C17H20ClN3O2. The van der Waals surface area contributed by atoms with Crippen molar-refractivity contribution in [3.05, 3.63) is 52.8 Å². The number of amides is 1. The molecule has 0 radical (unpaired) electrons. The molecule has 0 saturated heterocycles. The first-order valence-electron chi connectivity index (χ1n) is 7.76. The number of aryl methyl sites for hydroxylation is 1. The lowest BCUT2D eigenvalue weighted by Gasteiger charge is -2.36. The van der Waals surface area contributed by atoms with Crippen molar-refractivity contribution < 1.29 is 9.90 Å². The van der Waals surface area contributed by atoms with Crippen LogP contribution in [0.1, 0.15) is 41.6 Å². The van der Waals surface area contributed by atoms with E-state index < -0.39 is 5.60 Å². The van der Waals surface area contributed by atoms with Crippen molar-refractivity contribution in [2.75, 3.05) is 0 Å². The van der Waals surface area contributed by atoms with Crippen LogP contribution in [0.4, 0.5) is 0 Å². The SMILES string of the molecule is Cn1ncc(C(=O)NC2CCC(O)(c3ccccc3)CC2)c1Cl. The van der Waals surface area contributed by atoms with Gasteiger partial charge in [0, 0.05) is 13.1 Å². The number of hydrogen-bond donors (Lipinski definition) is 2. The van der Waals surface area contributed by atoms with Gasteiger partial charge in [-0.05, 0) is 31.2 Å². The zero-order valence-corrected chi connectivity index (χ0v) is 13.8. The van der Waals surface area contributed by atoms with Crippen LogP contribution in [0.25, 0.3) is 0 Å².